The van der Waals surface area contributed by atoms with Gasteiger partial charge in [-0.05, 0) is 24.3 Å². The third-order valence-corrected chi connectivity index (χ3v) is 4.53. The molecule has 0 spiro atoms. The molecule has 6 nitrogen and oxygen atoms in total. The number of pyridine rings is 2. The average Bonchev–Trinajstić information content (AvgIpc) is 2.72. The minimum atomic E-state index is -1.11. The zero-order valence-electron chi connectivity index (χ0n) is 14.9. The van der Waals surface area contributed by atoms with E-state index in [9.17, 15) is 14.7 Å². The van der Waals surface area contributed by atoms with Gasteiger partial charge >= 0.3 is 5.97 Å². The number of carboxylic acids is 1. The maximum Gasteiger partial charge on any atom is 0.326 e. The predicted octanol–water partition coefficient (Wildman–Crippen LogP) is 3.21. The van der Waals surface area contributed by atoms with Crippen molar-refractivity contribution in [2.45, 2.75) is 12.5 Å². The minimum Gasteiger partial charge on any atom is -0.480 e. The summed E-state index contributed by atoms with van der Waals surface area (Å²) in [6.07, 6.45) is 1.54. The minimum absolute atomic E-state index is 0.0902. The zero-order valence-corrected chi connectivity index (χ0v) is 14.9. The first-order valence-corrected chi connectivity index (χ1v) is 8.83. The van der Waals surface area contributed by atoms with Crippen molar-refractivity contribution in [1.82, 2.24) is 15.3 Å². The number of hydrogen-bond acceptors (Lipinski definition) is 4. The van der Waals surface area contributed by atoms with Gasteiger partial charge < -0.3 is 10.4 Å². The van der Waals surface area contributed by atoms with E-state index in [4.69, 9.17) is 0 Å². The normalized spacial score (nSPS) is 12.0. The fraction of sp³-hybridized carbons (Fsp3) is 0.0909. The van der Waals surface area contributed by atoms with Crippen molar-refractivity contribution >= 4 is 33.7 Å². The monoisotopic (exact) mass is 371 g/mol. The van der Waals surface area contributed by atoms with E-state index in [0.29, 0.717) is 11.3 Å². The fourth-order valence-electron chi connectivity index (χ4n) is 3.07. The molecule has 2 aromatic heterocycles. The molecule has 6 heteroatoms. The number of aliphatic carboxylic acids is 1. The van der Waals surface area contributed by atoms with E-state index in [1.807, 2.05) is 54.6 Å². The Bertz CT molecular complexity index is 1190. The second-order valence-electron chi connectivity index (χ2n) is 6.48. The van der Waals surface area contributed by atoms with Gasteiger partial charge in [0.1, 0.15) is 6.04 Å². The standard InChI is InChI=1S/C22H17N3O3/c26-21(16-11-15-6-2-3-7-18(15)23-13-16)25-20(22(27)28)12-17-10-9-14-5-1-4-8-19(14)24-17/h1-11,13,20H,12H2,(H,25,26)(H,27,28)/t20-/m0/s1. The second-order valence-corrected chi connectivity index (χ2v) is 6.48. The van der Waals surface area contributed by atoms with Gasteiger partial charge in [0.2, 0.25) is 0 Å². The second kappa shape index (κ2) is 7.44. The molecule has 1 amide bonds. The SMILES string of the molecule is O=C(N[C@@H](Cc1ccc2ccccc2n1)C(=O)O)c1cnc2ccccc2c1. The fourth-order valence-corrected chi connectivity index (χ4v) is 3.07. The molecule has 0 saturated carbocycles. The van der Waals surface area contributed by atoms with E-state index < -0.39 is 17.9 Å². The molecule has 138 valence electrons. The van der Waals surface area contributed by atoms with Gasteiger partial charge in [-0.15, -0.1) is 0 Å². The number of carboxylic acid groups (broad SMARTS) is 1. The van der Waals surface area contributed by atoms with Crippen LogP contribution in [0, 0.1) is 0 Å². The highest BCUT2D eigenvalue weighted by Crippen LogP contribution is 2.15. The Morgan fingerprint density at radius 1 is 0.929 bits per heavy atom. The number of para-hydroxylation sites is 2. The molecule has 1 atom stereocenters. The Kier molecular flexibility index (Phi) is 4.68. The first-order chi connectivity index (χ1) is 13.6. The summed E-state index contributed by atoms with van der Waals surface area (Å²) in [7, 11) is 0. The van der Waals surface area contributed by atoms with E-state index in [0.717, 1.165) is 21.8 Å². The number of fused-ring (bicyclic) bond motifs is 2. The van der Waals surface area contributed by atoms with Crippen molar-refractivity contribution in [3.05, 3.63) is 84.2 Å². The molecule has 0 aliphatic carbocycles. The topological polar surface area (TPSA) is 92.2 Å². The molecule has 4 rings (SSSR count). The van der Waals surface area contributed by atoms with E-state index in [1.165, 1.54) is 6.20 Å². The molecular formula is C22H17N3O3. The number of nitrogens with zero attached hydrogens (tertiary/aromatic N) is 2. The number of amides is 1. The molecular weight excluding hydrogens is 354 g/mol. The van der Waals surface area contributed by atoms with Crippen LogP contribution in [0.3, 0.4) is 0 Å². The van der Waals surface area contributed by atoms with Crippen molar-refractivity contribution in [1.29, 1.82) is 0 Å². The summed E-state index contributed by atoms with van der Waals surface area (Å²) in [5.74, 6) is -1.59. The van der Waals surface area contributed by atoms with E-state index >= 15 is 0 Å². The summed E-state index contributed by atoms with van der Waals surface area (Å²) in [6, 6.07) is 19.3. The van der Waals surface area contributed by atoms with Crippen molar-refractivity contribution < 1.29 is 14.7 Å². The summed E-state index contributed by atoms with van der Waals surface area (Å²) in [5, 5.41) is 13.9. The summed E-state index contributed by atoms with van der Waals surface area (Å²) in [4.78, 5) is 33.0. The van der Waals surface area contributed by atoms with Crippen LogP contribution in [0.15, 0.2) is 72.9 Å². The highest BCUT2D eigenvalue weighted by Gasteiger charge is 2.22. The molecule has 0 fully saturated rings. The Labute approximate surface area is 160 Å². The van der Waals surface area contributed by atoms with Gasteiger partial charge in [-0.1, -0.05) is 42.5 Å². The predicted molar refractivity (Wildman–Crippen MR) is 106 cm³/mol. The van der Waals surface area contributed by atoms with Crippen LogP contribution in [0.5, 0.6) is 0 Å². The number of benzene rings is 2. The van der Waals surface area contributed by atoms with Crippen LogP contribution in [0.25, 0.3) is 21.8 Å². The Morgan fingerprint density at radius 2 is 1.64 bits per heavy atom. The molecule has 0 unspecified atom stereocenters. The number of rotatable bonds is 5. The average molecular weight is 371 g/mol. The Balaban J connectivity index is 1.55. The van der Waals surface area contributed by atoms with E-state index in [-0.39, 0.29) is 6.42 Å². The zero-order chi connectivity index (χ0) is 19.5. The van der Waals surface area contributed by atoms with E-state index in [2.05, 4.69) is 15.3 Å². The highest BCUT2D eigenvalue weighted by atomic mass is 16.4. The summed E-state index contributed by atoms with van der Waals surface area (Å²) < 4.78 is 0. The van der Waals surface area contributed by atoms with Gasteiger partial charge in [0, 0.05) is 29.1 Å². The van der Waals surface area contributed by atoms with Crippen LogP contribution in [-0.2, 0) is 11.2 Å². The van der Waals surface area contributed by atoms with Crippen molar-refractivity contribution in [2.24, 2.45) is 0 Å². The Hall–Kier alpha value is -3.80. The smallest absolute Gasteiger partial charge is 0.326 e. The molecule has 2 N–H and O–H groups in total. The van der Waals surface area contributed by atoms with Gasteiger partial charge in [-0.25, -0.2) is 4.79 Å². The van der Waals surface area contributed by atoms with Crippen molar-refractivity contribution in [3.8, 4) is 0 Å². The van der Waals surface area contributed by atoms with Gasteiger partial charge in [-0.3, -0.25) is 14.8 Å². The number of carbonyl (C=O) groups is 2. The van der Waals surface area contributed by atoms with Crippen LogP contribution in [0.4, 0.5) is 0 Å². The maximum absolute atomic E-state index is 12.6. The molecule has 28 heavy (non-hydrogen) atoms. The van der Waals surface area contributed by atoms with Crippen LogP contribution in [-0.4, -0.2) is 33.0 Å². The van der Waals surface area contributed by atoms with Crippen molar-refractivity contribution in [3.63, 3.8) is 0 Å². The van der Waals surface area contributed by atoms with Gasteiger partial charge in [-0.2, -0.15) is 0 Å². The third kappa shape index (κ3) is 3.66. The lowest BCUT2D eigenvalue weighted by molar-refractivity contribution is -0.139. The first kappa shape index (κ1) is 17.6. The molecule has 0 aliphatic heterocycles. The van der Waals surface area contributed by atoms with Gasteiger partial charge in [0.25, 0.3) is 5.91 Å². The molecule has 0 radical (unpaired) electrons. The van der Waals surface area contributed by atoms with Crippen LogP contribution < -0.4 is 5.32 Å². The molecule has 0 saturated heterocycles. The maximum atomic E-state index is 12.6. The molecule has 2 heterocycles. The number of nitrogens with one attached hydrogen (secondary N) is 1. The lowest BCUT2D eigenvalue weighted by Gasteiger charge is -2.14. The quantitative estimate of drug-likeness (QED) is 0.562. The number of aromatic nitrogens is 2. The molecule has 0 aliphatic rings. The lowest BCUT2D eigenvalue weighted by Crippen LogP contribution is -2.42. The number of carbonyl (C=O) groups excluding carboxylic acids is 1. The summed E-state index contributed by atoms with van der Waals surface area (Å²) in [6.45, 7) is 0. The highest BCUT2D eigenvalue weighted by molar-refractivity contribution is 5.99. The van der Waals surface area contributed by atoms with Crippen LogP contribution in [0.1, 0.15) is 16.1 Å². The largest absolute Gasteiger partial charge is 0.480 e. The third-order valence-electron chi connectivity index (χ3n) is 4.53. The first-order valence-electron chi connectivity index (χ1n) is 8.83. The van der Waals surface area contributed by atoms with E-state index in [1.54, 1.807) is 12.1 Å². The molecule has 2 aromatic carbocycles. The Morgan fingerprint density at radius 3 is 2.43 bits per heavy atom. The summed E-state index contributed by atoms with van der Waals surface area (Å²) >= 11 is 0. The van der Waals surface area contributed by atoms with Gasteiger partial charge in [0.05, 0.1) is 16.6 Å². The van der Waals surface area contributed by atoms with Crippen LogP contribution >= 0.6 is 0 Å². The number of hydrogen-bond donors (Lipinski definition) is 2. The van der Waals surface area contributed by atoms with Crippen LogP contribution in [0.2, 0.25) is 0 Å². The summed E-state index contributed by atoms with van der Waals surface area (Å²) in [5.41, 5.74) is 2.47. The lowest BCUT2D eigenvalue weighted by atomic mass is 10.1. The van der Waals surface area contributed by atoms with Crippen molar-refractivity contribution in [2.75, 3.05) is 0 Å². The molecule has 4 aromatic rings. The molecule has 0 bridgehead atoms. The van der Waals surface area contributed by atoms with Gasteiger partial charge in [0.15, 0.2) is 0 Å².